The molecule has 19 heavy (non-hydrogen) atoms. The molecule has 1 saturated heterocycles. The van der Waals surface area contributed by atoms with E-state index in [2.05, 4.69) is 42.2 Å². The summed E-state index contributed by atoms with van der Waals surface area (Å²) in [5.74, 6) is 1.43. The van der Waals surface area contributed by atoms with Gasteiger partial charge in [0.05, 0.1) is 0 Å². The normalized spacial score (nSPS) is 27.8. The predicted molar refractivity (Wildman–Crippen MR) is 76.7 cm³/mol. The maximum absolute atomic E-state index is 11.6. The maximum Gasteiger partial charge on any atom is 0.155 e. The Morgan fingerprint density at radius 1 is 1.26 bits per heavy atom. The molecule has 1 fully saturated rings. The SMILES string of the molecule is C[C@@H]1CC(=O)C=C2CCN(Cc3ccccc3)C[C@H]21. The van der Waals surface area contributed by atoms with Gasteiger partial charge in [0.15, 0.2) is 5.78 Å². The summed E-state index contributed by atoms with van der Waals surface area (Å²) in [7, 11) is 0. The molecule has 1 aliphatic carbocycles. The van der Waals surface area contributed by atoms with Crippen LogP contribution >= 0.6 is 0 Å². The first-order chi connectivity index (χ1) is 9.22. The Morgan fingerprint density at radius 3 is 2.84 bits per heavy atom. The average molecular weight is 255 g/mol. The van der Waals surface area contributed by atoms with E-state index in [-0.39, 0.29) is 0 Å². The maximum atomic E-state index is 11.6. The molecule has 2 aliphatic rings. The van der Waals surface area contributed by atoms with Crippen molar-refractivity contribution < 1.29 is 4.79 Å². The van der Waals surface area contributed by atoms with Gasteiger partial charge in [0.2, 0.25) is 0 Å². The summed E-state index contributed by atoms with van der Waals surface area (Å²) in [5.41, 5.74) is 2.78. The van der Waals surface area contributed by atoms with E-state index in [0.717, 1.165) is 32.5 Å². The second kappa shape index (κ2) is 5.30. The molecule has 0 unspecified atom stereocenters. The molecule has 0 saturated carbocycles. The topological polar surface area (TPSA) is 20.3 Å². The fraction of sp³-hybridized carbons (Fsp3) is 0.471. The van der Waals surface area contributed by atoms with Gasteiger partial charge in [0.25, 0.3) is 0 Å². The minimum Gasteiger partial charge on any atom is -0.298 e. The van der Waals surface area contributed by atoms with Crippen molar-refractivity contribution in [3.05, 3.63) is 47.5 Å². The van der Waals surface area contributed by atoms with E-state index in [1.165, 1.54) is 11.1 Å². The molecule has 2 nitrogen and oxygen atoms in total. The van der Waals surface area contributed by atoms with Crippen LogP contribution in [0.15, 0.2) is 42.0 Å². The molecule has 0 radical (unpaired) electrons. The number of benzene rings is 1. The van der Waals surface area contributed by atoms with Crippen molar-refractivity contribution in [2.75, 3.05) is 13.1 Å². The molecular formula is C17H21NO. The van der Waals surface area contributed by atoms with Crippen LogP contribution in [0.25, 0.3) is 0 Å². The molecule has 2 atom stereocenters. The highest BCUT2D eigenvalue weighted by molar-refractivity contribution is 5.91. The van der Waals surface area contributed by atoms with Crippen molar-refractivity contribution in [1.82, 2.24) is 4.90 Å². The van der Waals surface area contributed by atoms with Gasteiger partial charge in [-0.05, 0) is 29.9 Å². The van der Waals surface area contributed by atoms with Gasteiger partial charge in [-0.25, -0.2) is 0 Å². The zero-order valence-corrected chi connectivity index (χ0v) is 11.5. The number of carbonyl (C=O) groups is 1. The highest BCUT2D eigenvalue weighted by atomic mass is 16.1. The molecule has 1 aliphatic heterocycles. The first kappa shape index (κ1) is 12.6. The van der Waals surface area contributed by atoms with Crippen molar-refractivity contribution in [1.29, 1.82) is 0 Å². The van der Waals surface area contributed by atoms with Crippen LogP contribution in [0.3, 0.4) is 0 Å². The third kappa shape index (κ3) is 2.79. The molecule has 1 heterocycles. The largest absolute Gasteiger partial charge is 0.298 e. The first-order valence-electron chi connectivity index (χ1n) is 7.22. The Balaban J connectivity index is 1.69. The number of nitrogens with zero attached hydrogens (tertiary/aromatic N) is 1. The van der Waals surface area contributed by atoms with E-state index in [4.69, 9.17) is 0 Å². The third-order valence-electron chi connectivity index (χ3n) is 4.45. The second-order valence-corrected chi connectivity index (χ2v) is 5.94. The summed E-state index contributed by atoms with van der Waals surface area (Å²) in [6.45, 7) is 5.44. The van der Waals surface area contributed by atoms with Crippen LogP contribution in [0, 0.1) is 11.8 Å². The Labute approximate surface area is 115 Å². The number of fused-ring (bicyclic) bond motifs is 1. The van der Waals surface area contributed by atoms with Gasteiger partial charge in [-0.1, -0.05) is 42.8 Å². The zero-order valence-electron chi connectivity index (χ0n) is 11.5. The molecule has 0 aromatic heterocycles. The fourth-order valence-corrected chi connectivity index (χ4v) is 3.39. The van der Waals surface area contributed by atoms with Crippen molar-refractivity contribution in [2.24, 2.45) is 11.8 Å². The molecule has 1 aromatic rings. The molecule has 0 amide bonds. The van der Waals surface area contributed by atoms with Gasteiger partial charge in [-0.2, -0.15) is 0 Å². The van der Waals surface area contributed by atoms with Gasteiger partial charge in [0, 0.05) is 26.1 Å². The lowest BCUT2D eigenvalue weighted by molar-refractivity contribution is -0.116. The van der Waals surface area contributed by atoms with E-state index >= 15 is 0 Å². The molecule has 0 N–H and O–H groups in total. The Bertz CT molecular complexity index is 491. The smallest absolute Gasteiger partial charge is 0.155 e. The van der Waals surface area contributed by atoms with Crippen LogP contribution < -0.4 is 0 Å². The molecule has 0 spiro atoms. The Hall–Kier alpha value is -1.41. The van der Waals surface area contributed by atoms with E-state index in [9.17, 15) is 4.79 Å². The van der Waals surface area contributed by atoms with Gasteiger partial charge in [0.1, 0.15) is 0 Å². The van der Waals surface area contributed by atoms with E-state index in [1.807, 2.05) is 6.08 Å². The molecule has 2 heteroatoms. The molecule has 1 aromatic carbocycles. The van der Waals surface area contributed by atoms with Crippen molar-refractivity contribution in [2.45, 2.75) is 26.3 Å². The lowest BCUT2D eigenvalue weighted by Crippen LogP contribution is -2.41. The minimum atomic E-state index is 0.329. The predicted octanol–water partition coefficient (Wildman–Crippen LogP) is 3.04. The van der Waals surface area contributed by atoms with Gasteiger partial charge in [-0.3, -0.25) is 9.69 Å². The summed E-state index contributed by atoms with van der Waals surface area (Å²) < 4.78 is 0. The summed E-state index contributed by atoms with van der Waals surface area (Å²) in [4.78, 5) is 14.1. The monoisotopic (exact) mass is 255 g/mol. The van der Waals surface area contributed by atoms with Crippen molar-refractivity contribution >= 4 is 5.78 Å². The van der Waals surface area contributed by atoms with E-state index < -0.39 is 0 Å². The Kier molecular flexibility index (Phi) is 3.52. The van der Waals surface area contributed by atoms with Crippen LogP contribution in [0.2, 0.25) is 0 Å². The number of likely N-dealkylation sites (tertiary alicyclic amines) is 1. The van der Waals surface area contributed by atoms with Gasteiger partial charge >= 0.3 is 0 Å². The standard InChI is InChI=1S/C17H21NO/c1-13-9-16(19)10-15-7-8-18(12-17(13)15)11-14-5-3-2-4-6-14/h2-6,10,13,17H,7-9,11-12H2,1H3/t13-,17+/m1/s1. The van der Waals surface area contributed by atoms with Gasteiger partial charge < -0.3 is 0 Å². The van der Waals surface area contributed by atoms with E-state index in [0.29, 0.717) is 17.6 Å². The van der Waals surface area contributed by atoms with Crippen LogP contribution in [-0.4, -0.2) is 23.8 Å². The molecule has 0 bridgehead atoms. The minimum absolute atomic E-state index is 0.329. The molecular weight excluding hydrogens is 234 g/mol. The summed E-state index contributed by atoms with van der Waals surface area (Å²) >= 11 is 0. The zero-order chi connectivity index (χ0) is 13.2. The Morgan fingerprint density at radius 2 is 2.05 bits per heavy atom. The van der Waals surface area contributed by atoms with E-state index in [1.54, 1.807) is 0 Å². The van der Waals surface area contributed by atoms with Crippen LogP contribution in [-0.2, 0) is 11.3 Å². The molecule has 100 valence electrons. The average Bonchev–Trinajstić information content (AvgIpc) is 2.40. The summed E-state index contributed by atoms with van der Waals surface area (Å²) in [5, 5.41) is 0. The van der Waals surface area contributed by atoms with Crippen molar-refractivity contribution in [3.63, 3.8) is 0 Å². The number of carbonyl (C=O) groups excluding carboxylic acids is 1. The number of hydrogen-bond donors (Lipinski definition) is 0. The molecule has 3 rings (SSSR count). The summed E-state index contributed by atoms with van der Waals surface area (Å²) in [6, 6.07) is 10.7. The number of rotatable bonds is 2. The lowest BCUT2D eigenvalue weighted by atomic mass is 9.75. The number of piperidine rings is 1. The number of hydrogen-bond acceptors (Lipinski definition) is 2. The van der Waals surface area contributed by atoms with Gasteiger partial charge in [-0.15, -0.1) is 0 Å². The number of allylic oxidation sites excluding steroid dienone is 1. The lowest BCUT2D eigenvalue weighted by Gasteiger charge is -2.39. The van der Waals surface area contributed by atoms with Crippen molar-refractivity contribution in [3.8, 4) is 0 Å². The quantitative estimate of drug-likeness (QED) is 0.809. The first-order valence-corrected chi connectivity index (χ1v) is 7.22. The van der Waals surface area contributed by atoms with Crippen LogP contribution in [0.1, 0.15) is 25.3 Å². The highest BCUT2D eigenvalue weighted by Gasteiger charge is 2.32. The third-order valence-corrected chi connectivity index (χ3v) is 4.45. The van der Waals surface area contributed by atoms with Crippen LogP contribution in [0.4, 0.5) is 0 Å². The second-order valence-electron chi connectivity index (χ2n) is 5.94. The van der Waals surface area contributed by atoms with Crippen LogP contribution in [0.5, 0.6) is 0 Å². The highest BCUT2D eigenvalue weighted by Crippen LogP contribution is 2.35. The fourth-order valence-electron chi connectivity index (χ4n) is 3.39. The summed E-state index contributed by atoms with van der Waals surface area (Å²) in [6.07, 6.45) is 3.71. The number of ketones is 1.